The molecule has 0 aliphatic carbocycles. The normalized spacial score (nSPS) is 10.3. The topological polar surface area (TPSA) is 92.7 Å². The van der Waals surface area contributed by atoms with Crippen LogP contribution in [0.25, 0.3) is 0 Å². The zero-order valence-electron chi connectivity index (χ0n) is 12.5. The summed E-state index contributed by atoms with van der Waals surface area (Å²) in [6.07, 6.45) is 4.61. The Morgan fingerprint density at radius 1 is 1.22 bits per heavy atom. The Labute approximate surface area is 133 Å². The number of amides is 2. The predicted octanol–water partition coefficient (Wildman–Crippen LogP) is 0.857. The number of nitrogens with zero attached hydrogens (tertiary/aromatic N) is 2. The Kier molecular flexibility index (Phi) is 5.81. The van der Waals surface area contributed by atoms with Crippen LogP contribution < -0.4 is 15.5 Å². The summed E-state index contributed by atoms with van der Waals surface area (Å²) in [5.74, 6) is -0.870. The average Bonchev–Trinajstić information content (AvgIpc) is 2.61. The van der Waals surface area contributed by atoms with Gasteiger partial charge in [-0.3, -0.25) is 14.6 Å². The largest absolute Gasteiger partial charge is 0.497 e. The number of hydrogen-bond acceptors (Lipinski definition) is 5. The van der Waals surface area contributed by atoms with Crippen molar-refractivity contribution in [2.45, 2.75) is 6.54 Å². The zero-order valence-corrected chi connectivity index (χ0v) is 12.5. The number of hydrazone groups is 1. The summed E-state index contributed by atoms with van der Waals surface area (Å²) in [5, 5.41) is 6.21. The molecule has 0 saturated heterocycles. The average molecular weight is 312 g/mol. The number of aromatic nitrogens is 1. The summed E-state index contributed by atoms with van der Waals surface area (Å²) in [6.45, 7) is 0.239. The van der Waals surface area contributed by atoms with E-state index in [0.29, 0.717) is 5.56 Å². The van der Waals surface area contributed by atoms with Crippen LogP contribution in [0.1, 0.15) is 11.1 Å². The molecule has 1 aromatic carbocycles. The maximum Gasteiger partial charge on any atom is 0.329 e. The quantitative estimate of drug-likeness (QED) is 0.486. The molecule has 118 valence electrons. The van der Waals surface area contributed by atoms with Crippen LogP contribution in [-0.2, 0) is 16.1 Å². The third kappa shape index (κ3) is 5.24. The summed E-state index contributed by atoms with van der Waals surface area (Å²) in [4.78, 5) is 27.1. The van der Waals surface area contributed by atoms with Crippen molar-refractivity contribution in [2.75, 3.05) is 7.11 Å². The number of nitrogens with one attached hydrogen (secondary N) is 2. The van der Waals surface area contributed by atoms with Crippen molar-refractivity contribution < 1.29 is 14.3 Å². The van der Waals surface area contributed by atoms with Crippen LogP contribution in [0, 0.1) is 0 Å². The number of carbonyl (C=O) groups excluding carboxylic acids is 2. The van der Waals surface area contributed by atoms with Crippen molar-refractivity contribution in [3.63, 3.8) is 0 Å². The van der Waals surface area contributed by atoms with E-state index >= 15 is 0 Å². The summed E-state index contributed by atoms with van der Waals surface area (Å²) in [6, 6.07) is 10.7. The van der Waals surface area contributed by atoms with Gasteiger partial charge in [-0.05, 0) is 23.8 Å². The minimum atomic E-state index is -0.835. The van der Waals surface area contributed by atoms with Crippen molar-refractivity contribution in [2.24, 2.45) is 5.10 Å². The fourth-order valence-corrected chi connectivity index (χ4v) is 1.67. The van der Waals surface area contributed by atoms with E-state index in [4.69, 9.17) is 4.74 Å². The van der Waals surface area contributed by atoms with E-state index in [-0.39, 0.29) is 6.54 Å². The lowest BCUT2D eigenvalue weighted by Crippen LogP contribution is -2.37. The summed E-state index contributed by atoms with van der Waals surface area (Å²) in [7, 11) is 1.58. The first-order chi connectivity index (χ1) is 11.2. The highest BCUT2D eigenvalue weighted by Gasteiger charge is 2.11. The van der Waals surface area contributed by atoms with Gasteiger partial charge in [0.05, 0.1) is 13.3 Å². The van der Waals surface area contributed by atoms with Gasteiger partial charge >= 0.3 is 11.8 Å². The van der Waals surface area contributed by atoms with E-state index in [2.05, 4.69) is 20.8 Å². The summed E-state index contributed by atoms with van der Waals surface area (Å²) in [5.41, 5.74) is 3.72. The van der Waals surface area contributed by atoms with Crippen LogP contribution >= 0.6 is 0 Å². The number of ether oxygens (including phenoxy) is 1. The van der Waals surface area contributed by atoms with Gasteiger partial charge in [-0.15, -0.1) is 0 Å². The molecule has 2 N–H and O–H groups in total. The summed E-state index contributed by atoms with van der Waals surface area (Å²) < 4.78 is 5.04. The second-order valence-electron chi connectivity index (χ2n) is 4.52. The molecule has 0 radical (unpaired) electrons. The molecular formula is C16H16N4O3. The van der Waals surface area contributed by atoms with Crippen LogP contribution in [0.4, 0.5) is 0 Å². The van der Waals surface area contributed by atoms with Crippen LogP contribution in [0.2, 0.25) is 0 Å². The molecule has 1 heterocycles. The van der Waals surface area contributed by atoms with Crippen LogP contribution in [0.5, 0.6) is 5.75 Å². The number of rotatable bonds is 5. The molecule has 7 nitrogen and oxygen atoms in total. The van der Waals surface area contributed by atoms with E-state index in [9.17, 15) is 9.59 Å². The van der Waals surface area contributed by atoms with Gasteiger partial charge in [0, 0.05) is 24.5 Å². The fourth-order valence-electron chi connectivity index (χ4n) is 1.67. The van der Waals surface area contributed by atoms with Gasteiger partial charge in [0.2, 0.25) is 0 Å². The first-order valence-corrected chi connectivity index (χ1v) is 6.83. The van der Waals surface area contributed by atoms with E-state index in [0.717, 1.165) is 11.3 Å². The van der Waals surface area contributed by atoms with Crippen molar-refractivity contribution >= 4 is 18.0 Å². The maximum atomic E-state index is 11.6. The molecule has 2 rings (SSSR count). The Balaban J connectivity index is 1.78. The molecular weight excluding hydrogens is 296 g/mol. The molecule has 0 fully saturated rings. The van der Waals surface area contributed by atoms with Crippen LogP contribution in [-0.4, -0.2) is 30.1 Å². The van der Waals surface area contributed by atoms with Crippen molar-refractivity contribution in [1.29, 1.82) is 0 Å². The Hall–Kier alpha value is -3.22. The minimum Gasteiger partial charge on any atom is -0.497 e. The molecule has 0 atom stereocenters. The number of pyridine rings is 1. The van der Waals surface area contributed by atoms with Crippen molar-refractivity contribution in [1.82, 2.24) is 15.7 Å². The molecule has 0 aliphatic heterocycles. The zero-order chi connectivity index (χ0) is 16.5. The smallest absolute Gasteiger partial charge is 0.329 e. The molecule has 7 heteroatoms. The van der Waals surface area contributed by atoms with Gasteiger partial charge in [-0.2, -0.15) is 5.10 Å². The fraction of sp³-hybridized carbons (Fsp3) is 0.125. The lowest BCUT2D eigenvalue weighted by Gasteiger charge is -2.05. The van der Waals surface area contributed by atoms with Gasteiger partial charge in [-0.1, -0.05) is 18.2 Å². The molecule has 2 amide bonds. The van der Waals surface area contributed by atoms with Crippen molar-refractivity contribution in [3.8, 4) is 5.75 Å². The van der Waals surface area contributed by atoms with Gasteiger partial charge < -0.3 is 10.1 Å². The van der Waals surface area contributed by atoms with E-state index in [1.807, 2.05) is 0 Å². The molecule has 0 bridgehead atoms. The predicted molar refractivity (Wildman–Crippen MR) is 84.8 cm³/mol. The monoisotopic (exact) mass is 312 g/mol. The molecule has 0 spiro atoms. The third-order valence-electron chi connectivity index (χ3n) is 2.88. The first kappa shape index (κ1) is 16.2. The van der Waals surface area contributed by atoms with Crippen LogP contribution in [0.15, 0.2) is 53.9 Å². The molecule has 1 aromatic heterocycles. The Bertz CT molecular complexity index is 684. The number of benzene rings is 1. The number of methoxy groups -OCH3 is 1. The second kappa shape index (κ2) is 8.28. The highest BCUT2D eigenvalue weighted by atomic mass is 16.5. The van der Waals surface area contributed by atoms with E-state index < -0.39 is 11.8 Å². The van der Waals surface area contributed by atoms with Crippen molar-refractivity contribution in [3.05, 3.63) is 59.9 Å². The summed E-state index contributed by atoms with van der Waals surface area (Å²) >= 11 is 0. The third-order valence-corrected chi connectivity index (χ3v) is 2.88. The highest BCUT2D eigenvalue weighted by molar-refractivity contribution is 6.35. The molecule has 0 unspecified atom stereocenters. The SMILES string of the molecule is COc1ccc(CNC(=O)C(=O)N/N=C\c2cccnc2)cc1. The Morgan fingerprint density at radius 2 is 2.00 bits per heavy atom. The van der Waals surface area contributed by atoms with E-state index in [1.54, 1.807) is 55.9 Å². The Morgan fingerprint density at radius 3 is 2.65 bits per heavy atom. The van der Waals surface area contributed by atoms with Gasteiger partial charge in [0.1, 0.15) is 5.75 Å². The maximum absolute atomic E-state index is 11.6. The highest BCUT2D eigenvalue weighted by Crippen LogP contribution is 2.10. The van der Waals surface area contributed by atoms with Gasteiger partial charge in [-0.25, -0.2) is 5.43 Å². The molecule has 0 saturated carbocycles. The van der Waals surface area contributed by atoms with Crippen LogP contribution in [0.3, 0.4) is 0 Å². The standard InChI is InChI=1S/C16H16N4O3/c1-23-14-6-4-12(5-7-14)10-18-15(21)16(22)20-19-11-13-3-2-8-17-9-13/h2-9,11H,10H2,1H3,(H,18,21)(H,20,22)/b19-11-. The molecule has 23 heavy (non-hydrogen) atoms. The molecule has 2 aromatic rings. The minimum absolute atomic E-state index is 0.239. The lowest BCUT2D eigenvalue weighted by molar-refractivity contribution is -0.139. The molecule has 0 aliphatic rings. The second-order valence-corrected chi connectivity index (χ2v) is 4.52. The van der Waals surface area contributed by atoms with E-state index in [1.165, 1.54) is 6.21 Å². The first-order valence-electron chi connectivity index (χ1n) is 6.83. The number of hydrogen-bond donors (Lipinski definition) is 2. The lowest BCUT2D eigenvalue weighted by atomic mass is 10.2. The van der Waals surface area contributed by atoms with Gasteiger partial charge in [0.25, 0.3) is 0 Å². The number of carbonyl (C=O) groups is 2. The van der Waals surface area contributed by atoms with Gasteiger partial charge in [0.15, 0.2) is 0 Å².